The summed E-state index contributed by atoms with van der Waals surface area (Å²) in [5, 5.41) is 6.78. The van der Waals surface area contributed by atoms with Crippen molar-refractivity contribution in [1.82, 2.24) is 28.2 Å². The number of carbonyl (C=O) groups excluding carboxylic acids is 2. The second-order valence-corrected chi connectivity index (χ2v) is 24.6. The third-order valence-corrected chi connectivity index (χ3v) is 17.7. The van der Waals surface area contributed by atoms with Gasteiger partial charge in [-0.25, -0.2) is 0 Å². The molecule has 2 aliphatic carbocycles. The van der Waals surface area contributed by atoms with Crippen molar-refractivity contribution in [3.8, 4) is 11.5 Å². The number of halogens is 16. The van der Waals surface area contributed by atoms with Crippen molar-refractivity contribution < 1.29 is 105 Å². The van der Waals surface area contributed by atoms with E-state index >= 15 is 0 Å². The summed E-state index contributed by atoms with van der Waals surface area (Å²) in [7, 11) is -17.6. The Kier molecular flexibility index (Phi) is 17.8. The molecule has 4 aliphatic rings. The number of hydrogen-bond acceptors (Lipinski definition) is 15. The Morgan fingerprint density at radius 2 is 1.05 bits per heavy atom. The third-order valence-electron chi connectivity index (χ3n) is 12.6. The highest BCUT2D eigenvalue weighted by Gasteiger charge is 2.52. The van der Waals surface area contributed by atoms with Crippen LogP contribution in [0.15, 0.2) is 36.7 Å². The molecule has 78 heavy (non-hydrogen) atoms. The van der Waals surface area contributed by atoms with Crippen molar-refractivity contribution in [2.24, 2.45) is 11.8 Å². The number of alkyl halides is 12. The smallest absolute Gasteiger partial charge is 0.376 e. The molecule has 2 unspecified atom stereocenters. The lowest BCUT2D eigenvalue weighted by Crippen LogP contribution is -2.42. The van der Waals surface area contributed by atoms with Gasteiger partial charge in [0.1, 0.15) is 11.5 Å². The lowest BCUT2D eigenvalue weighted by Gasteiger charge is -2.31. The van der Waals surface area contributed by atoms with Crippen LogP contribution in [0.2, 0.25) is 20.1 Å². The monoisotopic (exact) mass is 1290 g/mol. The average Bonchev–Trinajstić information content (AvgIpc) is 4.09. The summed E-state index contributed by atoms with van der Waals surface area (Å²) < 4.78 is 233. The van der Waals surface area contributed by atoms with E-state index in [1.165, 1.54) is 11.1 Å². The summed E-state index contributed by atoms with van der Waals surface area (Å²) in [5.74, 6) is -3.37. The van der Waals surface area contributed by atoms with E-state index < -0.39 is 88.4 Å². The minimum atomic E-state index is -5.97. The predicted octanol–water partition coefficient (Wildman–Crippen LogP) is 9.31. The first-order valence-electron chi connectivity index (χ1n) is 22.0. The van der Waals surface area contributed by atoms with Gasteiger partial charge in [-0.2, -0.15) is 83.1 Å². The van der Waals surface area contributed by atoms with Gasteiger partial charge in [-0.3, -0.25) is 9.59 Å². The molecule has 2 aromatic heterocycles. The predicted molar refractivity (Wildman–Crippen MR) is 249 cm³/mol. The first-order chi connectivity index (χ1) is 35.9. The topological polar surface area (TPSA) is 216 Å². The SMILES string of the molecule is O=C1[C@H](Cc2c(Cl)cc(OS(=O)(=O)C(F)(F)F)cc2Cl)CCN1C1CCc2cn(SOOC(F)(F)F)nc2C1.O=C1[C@H](Cc2c(Cl)cc(OS(=O)(=O)C(F)(F)F)cc2Cl)CCN1C1CCc2cnn(S(=O)(=O)C(F)(F)F)c2C1. The molecule has 0 spiro atoms. The van der Waals surface area contributed by atoms with Crippen LogP contribution in [-0.2, 0) is 87.6 Å². The van der Waals surface area contributed by atoms with Gasteiger partial charge in [-0.15, -0.1) is 22.4 Å². The number of likely N-dealkylation sites (tertiary alicyclic amines) is 2. The fourth-order valence-corrected chi connectivity index (χ4v) is 12.4. The number of amides is 2. The Morgan fingerprint density at radius 1 is 0.615 bits per heavy atom. The molecule has 2 saturated heterocycles. The van der Waals surface area contributed by atoms with Crippen LogP contribution in [0.4, 0.5) is 52.7 Å². The summed E-state index contributed by atoms with van der Waals surface area (Å²) in [4.78, 5) is 32.7. The number of aryl methyl sites for hydroxylation is 2. The quantitative estimate of drug-likeness (QED) is 0.0287. The Morgan fingerprint density at radius 3 is 1.47 bits per heavy atom. The van der Waals surface area contributed by atoms with Crippen LogP contribution in [0.3, 0.4) is 0 Å². The molecular weight excluding hydrogens is 1250 g/mol. The molecule has 38 heteroatoms. The van der Waals surface area contributed by atoms with Crippen LogP contribution in [-0.4, -0.2) is 113 Å². The maximum Gasteiger partial charge on any atom is 0.550 e. The third kappa shape index (κ3) is 13.6. The summed E-state index contributed by atoms with van der Waals surface area (Å²) in [6.07, 6.45) is 0.143. The highest BCUT2D eigenvalue weighted by Crippen LogP contribution is 2.41. The lowest BCUT2D eigenvalue weighted by molar-refractivity contribution is -0.440. The number of rotatable bonds is 14. The van der Waals surface area contributed by atoms with Gasteiger partial charge in [0.05, 0.1) is 17.6 Å². The Hall–Kier alpha value is -4.16. The van der Waals surface area contributed by atoms with Crippen molar-refractivity contribution in [3.05, 3.63) is 90.4 Å². The Labute approximate surface area is 457 Å². The van der Waals surface area contributed by atoms with Crippen LogP contribution >= 0.6 is 58.6 Å². The number of fused-ring (bicyclic) bond motifs is 2. The molecule has 4 atom stereocenters. The first kappa shape index (κ1) is 61.5. The molecule has 4 heterocycles. The zero-order chi connectivity index (χ0) is 57.9. The van der Waals surface area contributed by atoms with Crippen molar-refractivity contribution in [2.45, 2.75) is 99.2 Å². The number of hydrogen-bond donors (Lipinski definition) is 0. The van der Waals surface area contributed by atoms with Crippen LogP contribution in [0.5, 0.6) is 11.5 Å². The number of carbonyl (C=O) groups is 2. The molecule has 432 valence electrons. The summed E-state index contributed by atoms with van der Waals surface area (Å²) in [6, 6.07) is 2.56. The van der Waals surface area contributed by atoms with Gasteiger partial charge in [-0.05, 0) is 73.6 Å². The van der Waals surface area contributed by atoms with E-state index in [1.54, 1.807) is 4.90 Å². The van der Waals surface area contributed by atoms with Gasteiger partial charge in [0, 0.05) is 100 Å². The van der Waals surface area contributed by atoms with E-state index in [1.807, 2.05) is 0 Å². The van der Waals surface area contributed by atoms with Gasteiger partial charge < -0.3 is 18.2 Å². The molecular formula is C40H34Cl4F12N6O12S4. The van der Waals surface area contributed by atoms with Gasteiger partial charge in [0.25, 0.3) is 0 Å². The molecule has 0 radical (unpaired) electrons. The summed E-state index contributed by atoms with van der Waals surface area (Å²) >= 11 is 24.8. The van der Waals surface area contributed by atoms with E-state index in [0.717, 1.165) is 40.1 Å². The summed E-state index contributed by atoms with van der Waals surface area (Å²) in [6.45, 7) is 0.603. The standard InChI is InChI=1S/2C20H17Cl2F6N3O6S2/c21-15-7-13(35-39(33,34)20(26,27)28)8-16(22)14(15)5-10-3-4-30(18(10)32)12-2-1-11-9-31(29-17(11)6-12)38-37-36-19(23,24)25;21-15-7-13(37-39(35,36)20(26,27)28)8-16(22)14(15)5-10-3-4-30(18(10)32)12-2-1-11-9-29-31(17(11)6-12)38(33,34)19(23,24)25/h2*7-10,12H,1-6H2/t2*10-,12?/m00/s1. The molecule has 4 aromatic rings. The van der Waals surface area contributed by atoms with E-state index in [4.69, 9.17) is 46.4 Å². The minimum absolute atomic E-state index is 0.0469. The summed E-state index contributed by atoms with van der Waals surface area (Å²) in [5.41, 5.74) is -14.9. The Balaban J connectivity index is 0.000000226. The Bertz CT molecular complexity index is 3260. The van der Waals surface area contributed by atoms with Gasteiger partial charge in [0.2, 0.25) is 11.8 Å². The van der Waals surface area contributed by atoms with Crippen molar-refractivity contribution >= 4 is 101 Å². The highest BCUT2D eigenvalue weighted by atomic mass is 35.5. The average molecular weight is 1290 g/mol. The normalized spacial score (nSPS) is 20.6. The number of benzene rings is 2. The van der Waals surface area contributed by atoms with Crippen LogP contribution in [0.25, 0.3) is 0 Å². The second-order valence-electron chi connectivity index (χ2n) is 17.5. The van der Waals surface area contributed by atoms with Crippen LogP contribution < -0.4 is 8.37 Å². The maximum atomic E-state index is 13.2. The van der Waals surface area contributed by atoms with E-state index in [0.29, 0.717) is 49.9 Å². The first-order valence-corrected chi connectivity index (χ1v) is 28.5. The molecule has 0 bridgehead atoms. The minimum Gasteiger partial charge on any atom is -0.376 e. The van der Waals surface area contributed by atoms with Crippen molar-refractivity contribution in [1.29, 1.82) is 0 Å². The lowest BCUT2D eigenvalue weighted by atomic mass is 9.92. The van der Waals surface area contributed by atoms with Crippen LogP contribution in [0, 0.1) is 11.8 Å². The zero-order valence-electron chi connectivity index (χ0n) is 38.5. The molecule has 2 aromatic carbocycles. The molecule has 18 nitrogen and oxygen atoms in total. The molecule has 2 amide bonds. The molecule has 2 fully saturated rings. The zero-order valence-corrected chi connectivity index (χ0v) is 44.8. The van der Waals surface area contributed by atoms with Gasteiger partial charge >= 0.3 is 53.1 Å². The largest absolute Gasteiger partial charge is 0.550 e. The number of nitrogens with zero attached hydrogens (tertiary/aromatic N) is 6. The molecule has 2 aliphatic heterocycles. The fourth-order valence-electron chi connectivity index (χ4n) is 8.98. The van der Waals surface area contributed by atoms with Crippen molar-refractivity contribution in [2.75, 3.05) is 13.1 Å². The number of aromatic nitrogens is 4. The molecule has 0 saturated carbocycles. The van der Waals surface area contributed by atoms with Crippen LogP contribution in [0.1, 0.15) is 59.3 Å². The maximum absolute atomic E-state index is 13.2. The van der Waals surface area contributed by atoms with E-state index in [-0.39, 0.29) is 104 Å². The molecule has 0 N–H and O–H groups in total. The molecule has 8 rings (SSSR count). The van der Waals surface area contributed by atoms with Gasteiger partial charge in [0.15, 0.2) is 12.2 Å². The van der Waals surface area contributed by atoms with Crippen molar-refractivity contribution in [3.63, 3.8) is 0 Å². The van der Waals surface area contributed by atoms with E-state index in [9.17, 15) is 87.5 Å². The van der Waals surface area contributed by atoms with E-state index in [2.05, 4.69) is 27.8 Å². The van der Waals surface area contributed by atoms with Gasteiger partial charge in [-0.1, -0.05) is 46.4 Å². The fraction of sp³-hybridized carbons (Fsp3) is 0.500. The highest BCUT2D eigenvalue weighted by molar-refractivity contribution is 7.92. The second kappa shape index (κ2) is 22.6.